The van der Waals surface area contributed by atoms with E-state index in [2.05, 4.69) is 38.8 Å². The van der Waals surface area contributed by atoms with Gasteiger partial charge in [-0.1, -0.05) is 55.1 Å². The first kappa shape index (κ1) is 21.4. The van der Waals surface area contributed by atoms with E-state index >= 15 is 0 Å². The molecular weight excluding hydrogens is 430 g/mol. The zero-order chi connectivity index (χ0) is 22.6. The fraction of sp³-hybridized carbons (Fsp3) is 0.231. The topological polar surface area (TPSA) is 63.9 Å². The van der Waals surface area contributed by atoms with Gasteiger partial charge in [-0.3, -0.25) is 14.7 Å². The predicted molar refractivity (Wildman–Crippen MR) is 132 cm³/mol. The lowest BCUT2D eigenvalue weighted by molar-refractivity contribution is -0.115. The smallest absolute Gasteiger partial charge is 0.242 e. The molecule has 33 heavy (non-hydrogen) atoms. The summed E-state index contributed by atoms with van der Waals surface area (Å²) in [6.07, 6.45) is 6.30. The number of amides is 1. The summed E-state index contributed by atoms with van der Waals surface area (Å²) < 4.78 is 2.09. The first-order valence-corrected chi connectivity index (χ1v) is 12.2. The van der Waals surface area contributed by atoms with Crippen molar-refractivity contribution in [2.24, 2.45) is 0 Å². The number of pyridine rings is 1. The molecule has 5 rings (SSSR count). The molecule has 0 N–H and O–H groups in total. The van der Waals surface area contributed by atoms with Crippen LogP contribution in [0.5, 0.6) is 0 Å². The molecular formula is C26H25N5OS. The minimum absolute atomic E-state index is 0.0401. The number of carbonyl (C=O) groups excluding carboxylic acids is 1. The molecule has 0 spiro atoms. The highest BCUT2D eigenvalue weighted by atomic mass is 32.2. The minimum atomic E-state index is 0.0401. The van der Waals surface area contributed by atoms with Gasteiger partial charge in [0.15, 0.2) is 11.0 Å². The standard InChI is InChI=1S/C26H25N5OS/c1-2-17-30-25(21-13-15-27-16-14-21)28-29-26(30)33-18-24(32)31-22-9-5-3-7-19(22)11-12-20-8-4-6-10-23(20)31/h3-10,13-16H,2,11-12,17-18H2,1H3. The molecule has 3 heterocycles. The Bertz CT molecular complexity index is 1220. The maximum atomic E-state index is 13.6. The Kier molecular flexibility index (Phi) is 6.21. The Balaban J connectivity index is 1.44. The number of anilines is 2. The van der Waals surface area contributed by atoms with E-state index in [1.807, 2.05) is 53.4 Å². The van der Waals surface area contributed by atoms with Crippen molar-refractivity contribution in [3.8, 4) is 11.4 Å². The van der Waals surface area contributed by atoms with Crippen LogP contribution in [0.4, 0.5) is 11.4 Å². The van der Waals surface area contributed by atoms with Gasteiger partial charge in [-0.05, 0) is 54.7 Å². The highest BCUT2D eigenvalue weighted by Crippen LogP contribution is 2.37. The predicted octanol–water partition coefficient (Wildman–Crippen LogP) is 5.31. The largest absolute Gasteiger partial charge is 0.302 e. The Morgan fingerprint density at radius 2 is 1.55 bits per heavy atom. The summed E-state index contributed by atoms with van der Waals surface area (Å²) >= 11 is 1.44. The Morgan fingerprint density at radius 3 is 2.18 bits per heavy atom. The van der Waals surface area contributed by atoms with Crippen molar-refractivity contribution in [1.29, 1.82) is 0 Å². The van der Waals surface area contributed by atoms with Gasteiger partial charge in [0.2, 0.25) is 5.91 Å². The lowest BCUT2D eigenvalue weighted by Crippen LogP contribution is -2.28. The average molecular weight is 456 g/mol. The Labute approximate surface area is 197 Å². The quantitative estimate of drug-likeness (QED) is 0.369. The number of thioether (sulfide) groups is 1. The van der Waals surface area contributed by atoms with Gasteiger partial charge in [0.1, 0.15) is 0 Å². The van der Waals surface area contributed by atoms with Crippen molar-refractivity contribution in [1.82, 2.24) is 19.7 Å². The number of benzene rings is 2. The lowest BCUT2D eigenvalue weighted by atomic mass is 10.0. The molecule has 0 aliphatic carbocycles. The average Bonchev–Trinajstić information content (AvgIpc) is 3.17. The van der Waals surface area contributed by atoms with Gasteiger partial charge >= 0.3 is 0 Å². The molecule has 1 aliphatic heterocycles. The third kappa shape index (κ3) is 4.28. The van der Waals surface area contributed by atoms with Gasteiger partial charge in [-0.2, -0.15) is 0 Å². The summed E-state index contributed by atoms with van der Waals surface area (Å²) in [4.78, 5) is 19.6. The molecule has 0 radical (unpaired) electrons. The van der Waals surface area contributed by atoms with Crippen molar-refractivity contribution < 1.29 is 4.79 Å². The van der Waals surface area contributed by atoms with Crippen molar-refractivity contribution >= 4 is 29.0 Å². The van der Waals surface area contributed by atoms with Crippen molar-refractivity contribution in [2.45, 2.75) is 37.9 Å². The van der Waals surface area contributed by atoms with E-state index in [1.54, 1.807) is 12.4 Å². The molecule has 166 valence electrons. The van der Waals surface area contributed by atoms with Crippen LogP contribution in [0, 0.1) is 0 Å². The summed E-state index contributed by atoms with van der Waals surface area (Å²) in [5, 5.41) is 9.60. The zero-order valence-corrected chi connectivity index (χ0v) is 19.3. The van der Waals surface area contributed by atoms with E-state index in [0.717, 1.165) is 53.7 Å². The number of carbonyl (C=O) groups is 1. The van der Waals surface area contributed by atoms with E-state index in [-0.39, 0.29) is 11.7 Å². The molecule has 0 atom stereocenters. The number of hydrogen-bond donors (Lipinski definition) is 0. The van der Waals surface area contributed by atoms with Crippen LogP contribution < -0.4 is 4.90 Å². The second-order valence-corrected chi connectivity index (χ2v) is 8.91. The molecule has 1 aliphatic rings. The second-order valence-electron chi connectivity index (χ2n) is 7.97. The molecule has 2 aromatic heterocycles. The Morgan fingerprint density at radius 1 is 0.909 bits per heavy atom. The third-order valence-electron chi connectivity index (χ3n) is 5.81. The first-order valence-electron chi connectivity index (χ1n) is 11.2. The molecule has 7 heteroatoms. The maximum Gasteiger partial charge on any atom is 0.242 e. The Hall–Kier alpha value is -3.45. The van der Waals surface area contributed by atoms with E-state index in [4.69, 9.17) is 0 Å². The van der Waals surface area contributed by atoms with Gasteiger partial charge in [0.25, 0.3) is 0 Å². The van der Waals surface area contributed by atoms with Crippen LogP contribution in [0.15, 0.2) is 78.2 Å². The fourth-order valence-corrected chi connectivity index (χ4v) is 5.09. The van der Waals surface area contributed by atoms with Gasteiger partial charge < -0.3 is 4.57 Å². The highest BCUT2D eigenvalue weighted by Gasteiger charge is 2.26. The van der Waals surface area contributed by atoms with E-state index in [1.165, 1.54) is 22.9 Å². The summed E-state index contributed by atoms with van der Waals surface area (Å²) in [6.45, 7) is 2.91. The monoisotopic (exact) mass is 455 g/mol. The van der Waals surface area contributed by atoms with Crippen LogP contribution in [0.3, 0.4) is 0 Å². The van der Waals surface area contributed by atoms with Crippen LogP contribution in [-0.2, 0) is 24.2 Å². The molecule has 0 saturated heterocycles. The lowest BCUT2D eigenvalue weighted by Gasteiger charge is -2.25. The number of para-hydroxylation sites is 2. The number of rotatable bonds is 6. The van der Waals surface area contributed by atoms with Crippen LogP contribution in [0.2, 0.25) is 0 Å². The van der Waals surface area contributed by atoms with Crippen molar-refractivity contribution in [2.75, 3.05) is 10.7 Å². The van der Waals surface area contributed by atoms with Gasteiger partial charge in [0, 0.05) is 24.5 Å². The number of fused-ring (bicyclic) bond motifs is 2. The SMILES string of the molecule is CCCn1c(SCC(=O)N2c3ccccc3CCc3ccccc32)nnc1-c1ccncc1. The van der Waals surface area contributed by atoms with E-state index < -0.39 is 0 Å². The molecule has 0 fully saturated rings. The number of aromatic nitrogens is 4. The van der Waals surface area contributed by atoms with Crippen LogP contribution in [0.25, 0.3) is 11.4 Å². The van der Waals surface area contributed by atoms with Gasteiger partial charge in [-0.15, -0.1) is 10.2 Å². The number of nitrogens with zero attached hydrogens (tertiary/aromatic N) is 5. The van der Waals surface area contributed by atoms with E-state index in [0.29, 0.717) is 0 Å². The maximum absolute atomic E-state index is 13.6. The normalized spacial score (nSPS) is 12.7. The van der Waals surface area contributed by atoms with Crippen molar-refractivity contribution in [3.63, 3.8) is 0 Å². The van der Waals surface area contributed by atoms with Crippen LogP contribution >= 0.6 is 11.8 Å². The third-order valence-corrected chi connectivity index (χ3v) is 6.76. The molecule has 1 amide bonds. The van der Waals surface area contributed by atoms with Gasteiger partial charge in [0.05, 0.1) is 17.1 Å². The second kappa shape index (κ2) is 9.58. The molecule has 2 aromatic carbocycles. The van der Waals surface area contributed by atoms with Crippen LogP contribution in [-0.4, -0.2) is 31.4 Å². The zero-order valence-electron chi connectivity index (χ0n) is 18.5. The summed E-state index contributed by atoms with van der Waals surface area (Å²) in [7, 11) is 0. The van der Waals surface area contributed by atoms with Crippen LogP contribution in [0.1, 0.15) is 24.5 Å². The molecule has 0 unspecified atom stereocenters. The molecule has 0 saturated carbocycles. The minimum Gasteiger partial charge on any atom is -0.302 e. The highest BCUT2D eigenvalue weighted by molar-refractivity contribution is 7.99. The van der Waals surface area contributed by atoms with Gasteiger partial charge in [-0.25, -0.2) is 0 Å². The fourth-order valence-electron chi connectivity index (χ4n) is 4.27. The summed E-state index contributed by atoms with van der Waals surface area (Å²) in [5.41, 5.74) is 5.31. The summed E-state index contributed by atoms with van der Waals surface area (Å²) in [5.74, 6) is 1.12. The summed E-state index contributed by atoms with van der Waals surface area (Å²) in [6, 6.07) is 20.3. The number of hydrogen-bond acceptors (Lipinski definition) is 5. The van der Waals surface area contributed by atoms with E-state index in [9.17, 15) is 4.79 Å². The molecule has 4 aromatic rings. The van der Waals surface area contributed by atoms with Crippen molar-refractivity contribution in [3.05, 3.63) is 84.2 Å². The first-order chi connectivity index (χ1) is 16.3. The molecule has 0 bridgehead atoms. The molecule has 6 nitrogen and oxygen atoms in total. The number of aryl methyl sites for hydroxylation is 2.